The number of hydrogen-bond donors (Lipinski definition) is 2. The maximum Gasteiger partial charge on any atom is 0.250 e. The van der Waals surface area contributed by atoms with E-state index in [4.69, 9.17) is 19.2 Å². The first-order chi connectivity index (χ1) is 25.5. The van der Waals surface area contributed by atoms with Gasteiger partial charge >= 0.3 is 0 Å². The van der Waals surface area contributed by atoms with Crippen LogP contribution in [0, 0.1) is 0 Å². The number of carbonyl (C=O) groups is 1. The molecule has 2 atom stereocenters. The number of alkyl halides is 2. The van der Waals surface area contributed by atoms with E-state index in [0.29, 0.717) is 23.8 Å². The summed E-state index contributed by atoms with van der Waals surface area (Å²) in [7, 11) is 3.06. The van der Waals surface area contributed by atoms with Crippen molar-refractivity contribution in [3.8, 4) is 17.0 Å². The van der Waals surface area contributed by atoms with Gasteiger partial charge in [-0.3, -0.25) is 4.79 Å². The van der Waals surface area contributed by atoms with Crippen LogP contribution in [0.25, 0.3) is 22.6 Å². The van der Waals surface area contributed by atoms with E-state index in [1.54, 1.807) is 12.0 Å². The van der Waals surface area contributed by atoms with E-state index in [1.165, 1.54) is 7.11 Å². The van der Waals surface area contributed by atoms with E-state index in [0.717, 1.165) is 77.3 Å². The van der Waals surface area contributed by atoms with Gasteiger partial charge in [0.15, 0.2) is 0 Å². The van der Waals surface area contributed by atoms with E-state index in [9.17, 15) is 18.4 Å². The standard InChI is InChI=1S/C41H45F2N5O5/c1-26(19-44-27(2)34-7-5-16-48(34)38(50)23-52-4)30-13-14-36-32(17-30)40(24-41(42,43)25-40)18-37(53-36)29-11-9-28(10-12-29)33-20-45-39(46-33)35-8-6-15-47(35)31(21-49)22-51-3/h9-14,17-20,34-35,44H,2,5-8,15-16,22-25H2,1,3-4H3,(H,45,46)/b26-19+/t34-,35-/m0/s1. The number of H-pyrrole nitrogens is 1. The molecule has 2 saturated heterocycles. The topological polar surface area (TPSA) is 109 Å². The third-order valence-electron chi connectivity index (χ3n) is 10.8. The van der Waals surface area contributed by atoms with Crippen molar-refractivity contribution >= 4 is 23.2 Å². The molecular formula is C41H45F2N5O5. The number of halogens is 2. The Hall–Kier alpha value is -5.03. The molecule has 4 heterocycles. The molecule has 12 heteroatoms. The Labute approximate surface area is 308 Å². The molecule has 3 aromatic rings. The first-order valence-corrected chi connectivity index (χ1v) is 18.0. The molecule has 1 spiro atoms. The van der Waals surface area contributed by atoms with Crippen LogP contribution in [0.4, 0.5) is 8.78 Å². The lowest BCUT2D eigenvalue weighted by molar-refractivity contribution is -0.135. The Balaban J connectivity index is 1.08. The molecule has 3 fully saturated rings. The van der Waals surface area contributed by atoms with E-state index >= 15 is 0 Å². The van der Waals surface area contributed by atoms with Crippen molar-refractivity contribution < 1.29 is 32.6 Å². The quantitative estimate of drug-likeness (QED) is 0.197. The van der Waals surface area contributed by atoms with Crippen LogP contribution in [0.15, 0.2) is 78.9 Å². The third-order valence-corrected chi connectivity index (χ3v) is 10.8. The van der Waals surface area contributed by atoms with Crippen molar-refractivity contribution in [3.05, 3.63) is 101 Å². The van der Waals surface area contributed by atoms with Crippen LogP contribution in [0.2, 0.25) is 0 Å². The molecule has 53 heavy (non-hydrogen) atoms. The maximum absolute atomic E-state index is 14.6. The van der Waals surface area contributed by atoms with Crippen molar-refractivity contribution in [2.75, 3.05) is 40.5 Å². The Kier molecular flexibility index (Phi) is 10.1. The summed E-state index contributed by atoms with van der Waals surface area (Å²) in [6, 6.07) is 13.3. The molecule has 0 unspecified atom stereocenters. The highest BCUT2D eigenvalue weighted by molar-refractivity contribution is 5.78. The predicted molar refractivity (Wildman–Crippen MR) is 197 cm³/mol. The number of allylic oxidation sites excluding steroid dienone is 2. The number of amides is 1. The number of carbonyl (C=O) groups excluding carboxylic acids is 2. The molecule has 1 saturated carbocycles. The van der Waals surface area contributed by atoms with Crippen LogP contribution in [0.5, 0.6) is 5.75 Å². The lowest BCUT2D eigenvalue weighted by Crippen LogP contribution is -2.49. The average Bonchev–Trinajstić information content (AvgIpc) is 3.93. The van der Waals surface area contributed by atoms with E-state index < -0.39 is 11.3 Å². The minimum atomic E-state index is -2.77. The average molecular weight is 726 g/mol. The summed E-state index contributed by atoms with van der Waals surface area (Å²) in [5.74, 6) is 1.06. The van der Waals surface area contributed by atoms with Gasteiger partial charge in [-0.25, -0.2) is 18.6 Å². The van der Waals surface area contributed by atoms with Crippen LogP contribution in [-0.2, 0) is 24.5 Å². The zero-order valence-corrected chi connectivity index (χ0v) is 30.3. The van der Waals surface area contributed by atoms with Crippen LogP contribution in [-0.4, -0.2) is 84.1 Å². The number of likely N-dealkylation sites (tertiary alicyclic amines) is 2. The van der Waals surface area contributed by atoms with Crippen molar-refractivity contribution in [1.82, 2.24) is 25.1 Å². The molecule has 1 aromatic heterocycles. The summed E-state index contributed by atoms with van der Waals surface area (Å²) in [4.78, 5) is 36.0. The first-order valence-electron chi connectivity index (χ1n) is 18.0. The lowest BCUT2D eigenvalue weighted by atomic mass is 9.60. The van der Waals surface area contributed by atoms with Gasteiger partial charge in [-0.15, -0.1) is 0 Å². The minimum absolute atomic E-state index is 0.0313. The van der Waals surface area contributed by atoms with E-state index in [-0.39, 0.29) is 44.0 Å². The highest BCUT2D eigenvalue weighted by atomic mass is 19.3. The zero-order valence-electron chi connectivity index (χ0n) is 30.3. The minimum Gasteiger partial charge on any atom is -0.457 e. The molecule has 0 bridgehead atoms. The molecule has 7 rings (SSSR count). The number of hydrogen-bond acceptors (Lipinski definition) is 8. The van der Waals surface area contributed by atoms with Gasteiger partial charge in [0.2, 0.25) is 5.91 Å². The fraction of sp³-hybridized carbons (Fsp3) is 0.415. The van der Waals surface area contributed by atoms with Gasteiger partial charge in [-0.1, -0.05) is 36.9 Å². The van der Waals surface area contributed by atoms with Gasteiger partial charge in [0, 0.05) is 80.3 Å². The smallest absolute Gasteiger partial charge is 0.250 e. The van der Waals surface area contributed by atoms with Crippen LogP contribution >= 0.6 is 0 Å². The summed E-state index contributed by atoms with van der Waals surface area (Å²) >= 11 is 0. The second-order valence-corrected chi connectivity index (χ2v) is 14.4. The lowest BCUT2D eigenvalue weighted by Gasteiger charge is -2.48. The summed E-state index contributed by atoms with van der Waals surface area (Å²) in [6.45, 7) is 7.77. The number of rotatable bonds is 12. The summed E-state index contributed by atoms with van der Waals surface area (Å²) in [5, 5.41) is 3.28. The summed E-state index contributed by atoms with van der Waals surface area (Å²) in [6.07, 6.45) is 8.46. The normalized spacial score (nSPS) is 21.4. The fourth-order valence-corrected chi connectivity index (χ4v) is 8.19. The number of nitrogens with one attached hydrogen (secondary N) is 2. The number of aromatic nitrogens is 2. The largest absolute Gasteiger partial charge is 0.457 e. The monoisotopic (exact) mass is 725 g/mol. The summed E-state index contributed by atoms with van der Waals surface area (Å²) in [5.41, 5.74) is 5.26. The third kappa shape index (κ3) is 7.19. The van der Waals surface area contributed by atoms with Gasteiger partial charge in [0.1, 0.15) is 35.6 Å². The molecule has 2 aromatic carbocycles. The zero-order chi connectivity index (χ0) is 37.3. The number of methoxy groups -OCH3 is 2. The highest BCUT2D eigenvalue weighted by Crippen LogP contribution is 2.59. The number of benzene rings is 2. The molecule has 4 aliphatic rings. The molecule has 1 amide bonds. The second kappa shape index (κ2) is 14.8. The van der Waals surface area contributed by atoms with Crippen LogP contribution < -0.4 is 10.1 Å². The molecule has 3 aliphatic heterocycles. The maximum atomic E-state index is 14.6. The Morgan fingerprint density at radius 3 is 2.51 bits per heavy atom. The van der Waals surface area contributed by atoms with Gasteiger partial charge in [-0.2, -0.15) is 0 Å². The van der Waals surface area contributed by atoms with Crippen molar-refractivity contribution in [2.24, 2.45) is 0 Å². The van der Waals surface area contributed by atoms with E-state index in [2.05, 4.69) is 16.9 Å². The predicted octanol–water partition coefficient (Wildman–Crippen LogP) is 6.78. The molecular weight excluding hydrogens is 680 g/mol. The number of ether oxygens (including phenoxy) is 3. The van der Waals surface area contributed by atoms with Crippen molar-refractivity contribution in [1.29, 1.82) is 0 Å². The summed E-state index contributed by atoms with van der Waals surface area (Å²) < 4.78 is 45.9. The van der Waals surface area contributed by atoms with E-state index in [1.807, 2.05) is 78.7 Å². The van der Waals surface area contributed by atoms with Gasteiger partial charge in [-0.05, 0) is 62.0 Å². The molecule has 2 N–H and O–H groups in total. The number of imidazole rings is 1. The van der Waals surface area contributed by atoms with Gasteiger partial charge in [0.25, 0.3) is 5.92 Å². The SMILES string of the molecule is C=C(N/C=C(\C)c1ccc2c(c1)C1(C=C(c3ccc(-c4c[nH]c([C@@H]5CCCN5C(=C=O)COC)n4)cc3)O2)CC(F)(F)C1)[C@@H]1CCCN1C(=O)COC. The molecule has 1 aliphatic carbocycles. The number of nitrogens with zero attached hydrogens (tertiary/aromatic N) is 3. The van der Waals surface area contributed by atoms with Gasteiger partial charge < -0.3 is 34.3 Å². The Morgan fingerprint density at radius 1 is 1.08 bits per heavy atom. The van der Waals surface area contributed by atoms with Gasteiger partial charge in [0.05, 0.1) is 24.4 Å². The number of fused-ring (bicyclic) bond motifs is 2. The highest BCUT2D eigenvalue weighted by Gasteiger charge is 2.58. The van der Waals surface area contributed by atoms with Crippen LogP contribution in [0.1, 0.15) is 74.0 Å². The second-order valence-electron chi connectivity index (χ2n) is 14.4. The molecule has 0 radical (unpaired) electrons. The van der Waals surface area contributed by atoms with Crippen LogP contribution in [0.3, 0.4) is 0 Å². The number of aromatic amines is 1. The van der Waals surface area contributed by atoms with Crippen molar-refractivity contribution in [3.63, 3.8) is 0 Å². The first kappa shape index (κ1) is 36.3. The molecule has 278 valence electrons. The Bertz CT molecular complexity index is 1990. The Morgan fingerprint density at radius 2 is 1.79 bits per heavy atom. The fourth-order valence-electron chi connectivity index (χ4n) is 8.19. The molecule has 10 nitrogen and oxygen atoms in total. The van der Waals surface area contributed by atoms with Crippen molar-refractivity contribution in [2.45, 2.75) is 68.9 Å².